The average molecular weight is 362 g/mol. The molecule has 5 heteroatoms. The van der Waals surface area contributed by atoms with Crippen molar-refractivity contribution in [2.24, 2.45) is 0 Å². The Morgan fingerprint density at radius 1 is 1.14 bits per heavy atom. The summed E-state index contributed by atoms with van der Waals surface area (Å²) in [4.78, 5) is 23.4. The zero-order valence-electron chi connectivity index (χ0n) is 12.1. The molecule has 1 amide bonds. The van der Waals surface area contributed by atoms with Gasteiger partial charge in [0.15, 0.2) is 6.61 Å². The second kappa shape index (κ2) is 7.75. The lowest BCUT2D eigenvalue weighted by Crippen LogP contribution is -2.21. The number of amides is 1. The third kappa shape index (κ3) is 5.33. The molecule has 0 atom stereocenters. The van der Waals surface area contributed by atoms with Gasteiger partial charge in [-0.3, -0.25) is 9.59 Å². The minimum Gasteiger partial charge on any atom is -0.455 e. The van der Waals surface area contributed by atoms with E-state index in [1.807, 2.05) is 43.3 Å². The van der Waals surface area contributed by atoms with Crippen LogP contribution in [-0.2, 0) is 20.7 Å². The number of carbonyl (C=O) groups excluding carboxylic acids is 2. The molecule has 0 spiro atoms. The number of nitrogens with one attached hydrogen (secondary N) is 1. The molecule has 0 unspecified atom stereocenters. The van der Waals surface area contributed by atoms with Gasteiger partial charge in [-0.05, 0) is 36.8 Å². The number of esters is 1. The van der Waals surface area contributed by atoms with Gasteiger partial charge in [0.05, 0.1) is 6.42 Å². The first-order chi connectivity index (χ1) is 10.5. The predicted molar refractivity (Wildman–Crippen MR) is 88.6 cm³/mol. The van der Waals surface area contributed by atoms with E-state index in [0.29, 0.717) is 5.69 Å². The summed E-state index contributed by atoms with van der Waals surface area (Å²) in [5.41, 5.74) is 2.61. The first kappa shape index (κ1) is 16.2. The highest BCUT2D eigenvalue weighted by Crippen LogP contribution is 2.14. The van der Waals surface area contributed by atoms with Crippen molar-refractivity contribution in [1.82, 2.24) is 0 Å². The lowest BCUT2D eigenvalue weighted by atomic mass is 10.1. The van der Waals surface area contributed by atoms with E-state index in [-0.39, 0.29) is 18.9 Å². The fraction of sp³-hybridized carbons (Fsp3) is 0.176. The number of carbonyl (C=O) groups is 2. The number of rotatable bonds is 5. The van der Waals surface area contributed by atoms with Crippen molar-refractivity contribution in [3.05, 3.63) is 64.1 Å². The molecule has 0 heterocycles. The van der Waals surface area contributed by atoms with Crippen LogP contribution in [0.2, 0.25) is 0 Å². The molecule has 0 aliphatic carbocycles. The number of hydrogen-bond donors (Lipinski definition) is 1. The van der Waals surface area contributed by atoms with Crippen LogP contribution in [-0.4, -0.2) is 18.5 Å². The average Bonchev–Trinajstić information content (AvgIpc) is 2.48. The van der Waals surface area contributed by atoms with Gasteiger partial charge >= 0.3 is 5.97 Å². The van der Waals surface area contributed by atoms with Crippen molar-refractivity contribution in [3.63, 3.8) is 0 Å². The standard InChI is InChI=1S/C17H16BrNO3/c1-12-3-2-4-13(9-12)10-17(21)22-11-16(20)19-15-7-5-14(18)6-8-15/h2-9H,10-11H2,1H3,(H,19,20). The molecule has 0 aliphatic heterocycles. The van der Waals surface area contributed by atoms with Gasteiger partial charge in [0, 0.05) is 10.2 Å². The van der Waals surface area contributed by atoms with Crippen molar-refractivity contribution in [2.45, 2.75) is 13.3 Å². The SMILES string of the molecule is Cc1cccc(CC(=O)OCC(=O)Nc2ccc(Br)cc2)c1. The highest BCUT2D eigenvalue weighted by molar-refractivity contribution is 9.10. The van der Waals surface area contributed by atoms with Crippen LogP contribution >= 0.6 is 15.9 Å². The van der Waals surface area contributed by atoms with Crippen LogP contribution in [0.3, 0.4) is 0 Å². The lowest BCUT2D eigenvalue weighted by Gasteiger charge is -2.07. The summed E-state index contributed by atoms with van der Waals surface area (Å²) in [6.07, 6.45) is 0.160. The van der Waals surface area contributed by atoms with Gasteiger partial charge < -0.3 is 10.1 Å². The molecule has 22 heavy (non-hydrogen) atoms. The summed E-state index contributed by atoms with van der Waals surface area (Å²) >= 11 is 3.32. The molecule has 4 nitrogen and oxygen atoms in total. The lowest BCUT2D eigenvalue weighted by molar-refractivity contribution is -0.146. The van der Waals surface area contributed by atoms with Crippen molar-refractivity contribution >= 4 is 33.5 Å². The number of aryl methyl sites for hydroxylation is 1. The van der Waals surface area contributed by atoms with Gasteiger partial charge in [-0.15, -0.1) is 0 Å². The van der Waals surface area contributed by atoms with E-state index < -0.39 is 5.97 Å². The molecule has 0 saturated heterocycles. The van der Waals surface area contributed by atoms with Gasteiger partial charge in [0.25, 0.3) is 5.91 Å². The Hall–Kier alpha value is -2.14. The van der Waals surface area contributed by atoms with Gasteiger partial charge in [-0.25, -0.2) is 0 Å². The van der Waals surface area contributed by atoms with Crippen molar-refractivity contribution in [1.29, 1.82) is 0 Å². The molecule has 0 bridgehead atoms. The maximum atomic E-state index is 11.7. The van der Waals surface area contributed by atoms with Crippen LogP contribution in [0.25, 0.3) is 0 Å². The molecule has 0 fully saturated rings. The Morgan fingerprint density at radius 3 is 2.55 bits per heavy atom. The molecule has 0 saturated carbocycles. The Morgan fingerprint density at radius 2 is 1.86 bits per heavy atom. The first-order valence-electron chi connectivity index (χ1n) is 6.79. The highest BCUT2D eigenvalue weighted by atomic mass is 79.9. The Bertz CT molecular complexity index is 668. The number of benzene rings is 2. The monoisotopic (exact) mass is 361 g/mol. The predicted octanol–water partition coefficient (Wildman–Crippen LogP) is 3.48. The summed E-state index contributed by atoms with van der Waals surface area (Å²) < 4.78 is 5.91. The smallest absolute Gasteiger partial charge is 0.310 e. The molecule has 2 rings (SSSR count). The van der Waals surface area contributed by atoms with Gasteiger partial charge in [0.1, 0.15) is 0 Å². The largest absolute Gasteiger partial charge is 0.455 e. The zero-order valence-corrected chi connectivity index (χ0v) is 13.7. The summed E-state index contributed by atoms with van der Waals surface area (Å²) in [5.74, 6) is -0.781. The number of halogens is 1. The zero-order chi connectivity index (χ0) is 15.9. The van der Waals surface area contributed by atoms with Crippen LogP contribution in [0.5, 0.6) is 0 Å². The first-order valence-corrected chi connectivity index (χ1v) is 7.59. The van der Waals surface area contributed by atoms with E-state index in [4.69, 9.17) is 4.74 Å². The quantitative estimate of drug-likeness (QED) is 0.829. The van der Waals surface area contributed by atoms with E-state index in [2.05, 4.69) is 21.2 Å². The minimum atomic E-state index is -0.420. The van der Waals surface area contributed by atoms with Gasteiger partial charge in [-0.2, -0.15) is 0 Å². The van der Waals surface area contributed by atoms with E-state index in [9.17, 15) is 9.59 Å². The normalized spacial score (nSPS) is 10.1. The molecule has 0 aliphatic rings. The Balaban J connectivity index is 1.78. The molecular formula is C17H16BrNO3. The number of hydrogen-bond acceptors (Lipinski definition) is 3. The third-order valence-corrected chi connectivity index (χ3v) is 3.45. The summed E-state index contributed by atoms with van der Waals surface area (Å²) in [6.45, 7) is 1.67. The molecule has 0 radical (unpaired) electrons. The summed E-state index contributed by atoms with van der Waals surface area (Å²) in [6, 6.07) is 14.8. The fourth-order valence-corrected chi connectivity index (χ4v) is 2.18. The third-order valence-electron chi connectivity index (χ3n) is 2.92. The van der Waals surface area contributed by atoms with Crippen LogP contribution in [0.4, 0.5) is 5.69 Å². The highest BCUT2D eigenvalue weighted by Gasteiger charge is 2.09. The number of anilines is 1. The molecule has 114 valence electrons. The maximum Gasteiger partial charge on any atom is 0.310 e. The van der Waals surface area contributed by atoms with Crippen LogP contribution in [0.1, 0.15) is 11.1 Å². The topological polar surface area (TPSA) is 55.4 Å². The molecule has 2 aromatic carbocycles. The minimum absolute atomic E-state index is 0.160. The van der Waals surface area contributed by atoms with Crippen LogP contribution < -0.4 is 5.32 Å². The second-order valence-electron chi connectivity index (χ2n) is 4.88. The molecule has 0 aromatic heterocycles. The van der Waals surface area contributed by atoms with E-state index in [1.54, 1.807) is 12.1 Å². The van der Waals surface area contributed by atoms with Crippen molar-refractivity contribution < 1.29 is 14.3 Å². The van der Waals surface area contributed by atoms with Crippen LogP contribution in [0, 0.1) is 6.92 Å². The van der Waals surface area contributed by atoms with E-state index in [1.165, 1.54) is 0 Å². The summed E-state index contributed by atoms with van der Waals surface area (Å²) in [7, 11) is 0. The second-order valence-corrected chi connectivity index (χ2v) is 5.80. The Kier molecular flexibility index (Phi) is 5.72. The Labute approximate surface area is 137 Å². The summed E-state index contributed by atoms with van der Waals surface area (Å²) in [5, 5.41) is 2.66. The van der Waals surface area contributed by atoms with E-state index in [0.717, 1.165) is 15.6 Å². The van der Waals surface area contributed by atoms with E-state index >= 15 is 0 Å². The molecular weight excluding hydrogens is 346 g/mol. The van der Waals surface area contributed by atoms with Crippen molar-refractivity contribution in [2.75, 3.05) is 11.9 Å². The molecule has 2 aromatic rings. The van der Waals surface area contributed by atoms with Crippen molar-refractivity contribution in [3.8, 4) is 0 Å². The van der Waals surface area contributed by atoms with Crippen LogP contribution in [0.15, 0.2) is 53.0 Å². The number of ether oxygens (including phenoxy) is 1. The van der Waals surface area contributed by atoms with Gasteiger partial charge in [0.2, 0.25) is 0 Å². The maximum absolute atomic E-state index is 11.7. The molecule has 1 N–H and O–H groups in total. The van der Waals surface area contributed by atoms with Gasteiger partial charge in [-0.1, -0.05) is 45.8 Å². The fourth-order valence-electron chi connectivity index (χ4n) is 1.92.